The molecule has 0 bridgehead atoms. The fourth-order valence-corrected chi connectivity index (χ4v) is 2.62. The van der Waals surface area contributed by atoms with Crippen molar-refractivity contribution in [3.05, 3.63) is 27.2 Å². The summed E-state index contributed by atoms with van der Waals surface area (Å²) in [6.07, 6.45) is 0.336. The molecule has 2 N–H and O–H groups in total. The molecule has 2 aromatic rings. The molecule has 1 aromatic carbocycles. The number of halogens is 2. The molecule has 0 unspecified atom stereocenters. The Hall–Kier alpha value is -1.21. The van der Waals surface area contributed by atoms with E-state index in [-0.39, 0.29) is 11.7 Å². The first kappa shape index (κ1) is 16.2. The molecular weight excluding hydrogens is 357 g/mol. The average Bonchev–Trinajstić information content (AvgIpc) is 2.70. The van der Waals surface area contributed by atoms with Crippen molar-refractivity contribution in [3.63, 3.8) is 0 Å². The summed E-state index contributed by atoms with van der Waals surface area (Å²) in [6.45, 7) is 5.21. The van der Waals surface area contributed by atoms with Crippen LogP contribution in [0.1, 0.15) is 20.3 Å². The molecule has 0 spiro atoms. The van der Waals surface area contributed by atoms with Crippen molar-refractivity contribution in [1.82, 2.24) is 14.9 Å². The first-order valence-corrected chi connectivity index (χ1v) is 7.93. The van der Waals surface area contributed by atoms with Gasteiger partial charge >= 0.3 is 0 Å². The van der Waals surface area contributed by atoms with Gasteiger partial charge in [0.15, 0.2) is 4.77 Å². The Bertz CT molecular complexity index is 723. The lowest BCUT2D eigenvalue weighted by Crippen LogP contribution is -2.28. The minimum atomic E-state index is -0.347. The van der Waals surface area contributed by atoms with Crippen molar-refractivity contribution in [3.8, 4) is 0 Å². The van der Waals surface area contributed by atoms with Crippen LogP contribution in [0, 0.1) is 16.5 Å². The summed E-state index contributed by atoms with van der Waals surface area (Å²) in [5, 5.41) is 2.87. The molecule has 0 saturated carbocycles. The van der Waals surface area contributed by atoms with Crippen LogP contribution in [-0.4, -0.2) is 22.0 Å². The summed E-state index contributed by atoms with van der Waals surface area (Å²) in [5.74, 6) is 0.0600. The molecule has 0 atom stereocenters. The highest BCUT2D eigenvalue weighted by Gasteiger charge is 2.10. The predicted octanol–water partition coefficient (Wildman–Crippen LogP) is 3.76. The fourth-order valence-electron chi connectivity index (χ4n) is 1.99. The van der Waals surface area contributed by atoms with Gasteiger partial charge in [-0.25, -0.2) is 4.39 Å². The lowest BCUT2D eigenvalue weighted by Gasteiger charge is -2.08. The van der Waals surface area contributed by atoms with E-state index in [1.54, 1.807) is 6.07 Å². The number of nitrogens with zero attached hydrogens (tertiary/aromatic N) is 1. The highest BCUT2D eigenvalue weighted by molar-refractivity contribution is 9.10. The third-order valence-corrected chi connectivity index (χ3v) is 4.02. The van der Waals surface area contributed by atoms with Crippen LogP contribution in [0.4, 0.5) is 4.39 Å². The number of amides is 1. The van der Waals surface area contributed by atoms with E-state index in [2.05, 4.69) is 26.2 Å². The third-order valence-electron chi connectivity index (χ3n) is 3.09. The smallest absolute Gasteiger partial charge is 0.221 e. The second-order valence-electron chi connectivity index (χ2n) is 5.31. The average molecular weight is 374 g/mol. The largest absolute Gasteiger partial charge is 0.356 e. The molecule has 0 aliphatic carbocycles. The molecule has 1 heterocycles. The lowest BCUT2D eigenvalue weighted by atomic mass is 10.2. The van der Waals surface area contributed by atoms with Gasteiger partial charge in [-0.15, -0.1) is 0 Å². The SMILES string of the molecule is CC(C)CNC(=O)CCn1c(=S)[nH]c2cc(F)c(Br)cc21. The maximum atomic E-state index is 13.5. The minimum Gasteiger partial charge on any atom is -0.356 e. The molecule has 0 saturated heterocycles. The maximum absolute atomic E-state index is 13.5. The van der Waals surface area contributed by atoms with Crippen LogP contribution in [0.3, 0.4) is 0 Å². The zero-order valence-electron chi connectivity index (χ0n) is 11.9. The number of benzene rings is 1. The number of H-pyrrole nitrogens is 1. The summed E-state index contributed by atoms with van der Waals surface area (Å²) in [5.41, 5.74) is 1.41. The maximum Gasteiger partial charge on any atom is 0.221 e. The number of carbonyl (C=O) groups is 1. The number of aryl methyl sites for hydroxylation is 1. The predicted molar refractivity (Wildman–Crippen MR) is 87.2 cm³/mol. The Morgan fingerprint density at radius 2 is 2.24 bits per heavy atom. The second kappa shape index (κ2) is 6.70. The van der Waals surface area contributed by atoms with Gasteiger partial charge in [-0.2, -0.15) is 0 Å². The summed E-state index contributed by atoms with van der Waals surface area (Å²) < 4.78 is 16.2. The number of aromatic amines is 1. The Morgan fingerprint density at radius 1 is 1.52 bits per heavy atom. The highest BCUT2D eigenvalue weighted by Crippen LogP contribution is 2.23. The molecule has 4 nitrogen and oxygen atoms in total. The van der Waals surface area contributed by atoms with E-state index in [0.29, 0.717) is 40.2 Å². The summed E-state index contributed by atoms with van der Waals surface area (Å²) >= 11 is 8.40. The van der Waals surface area contributed by atoms with Gasteiger partial charge in [0.05, 0.1) is 15.5 Å². The molecular formula is C14H17BrFN3OS. The van der Waals surface area contributed by atoms with Gasteiger partial charge in [-0.3, -0.25) is 4.79 Å². The van der Waals surface area contributed by atoms with E-state index in [1.807, 2.05) is 18.4 Å². The molecule has 2 rings (SSSR count). The normalized spacial score (nSPS) is 11.3. The fraction of sp³-hybridized carbons (Fsp3) is 0.429. The number of imidazole rings is 1. The van der Waals surface area contributed by atoms with E-state index in [0.717, 1.165) is 5.52 Å². The van der Waals surface area contributed by atoms with Crippen LogP contribution in [0.25, 0.3) is 11.0 Å². The van der Waals surface area contributed by atoms with Crippen molar-refractivity contribution < 1.29 is 9.18 Å². The Kier molecular flexibility index (Phi) is 5.16. The number of rotatable bonds is 5. The number of hydrogen-bond acceptors (Lipinski definition) is 2. The lowest BCUT2D eigenvalue weighted by molar-refractivity contribution is -0.121. The van der Waals surface area contributed by atoms with Crippen LogP contribution >= 0.6 is 28.1 Å². The van der Waals surface area contributed by atoms with Crippen molar-refractivity contribution in [2.45, 2.75) is 26.8 Å². The topological polar surface area (TPSA) is 49.8 Å². The van der Waals surface area contributed by atoms with Crippen LogP contribution in [-0.2, 0) is 11.3 Å². The number of fused-ring (bicyclic) bond motifs is 1. The number of nitrogens with one attached hydrogen (secondary N) is 2. The zero-order valence-corrected chi connectivity index (χ0v) is 14.3. The van der Waals surface area contributed by atoms with Crippen molar-refractivity contribution >= 4 is 45.1 Å². The van der Waals surface area contributed by atoms with Gasteiger partial charge in [-0.05, 0) is 40.1 Å². The molecule has 7 heteroatoms. The van der Waals surface area contributed by atoms with Gasteiger partial charge in [0, 0.05) is 25.6 Å². The number of carbonyl (C=O) groups excluding carboxylic acids is 1. The zero-order chi connectivity index (χ0) is 15.6. The van der Waals surface area contributed by atoms with Crippen LogP contribution < -0.4 is 5.32 Å². The van der Waals surface area contributed by atoms with E-state index in [1.165, 1.54) is 6.07 Å². The number of hydrogen-bond donors (Lipinski definition) is 2. The van der Waals surface area contributed by atoms with Gasteiger partial charge in [0.2, 0.25) is 5.91 Å². The van der Waals surface area contributed by atoms with E-state index in [4.69, 9.17) is 12.2 Å². The highest BCUT2D eigenvalue weighted by atomic mass is 79.9. The second-order valence-corrected chi connectivity index (χ2v) is 6.55. The quantitative estimate of drug-likeness (QED) is 0.783. The van der Waals surface area contributed by atoms with Gasteiger partial charge in [0.1, 0.15) is 5.82 Å². The molecule has 0 radical (unpaired) electrons. The van der Waals surface area contributed by atoms with E-state index < -0.39 is 0 Å². The van der Waals surface area contributed by atoms with E-state index >= 15 is 0 Å². The molecule has 114 valence electrons. The minimum absolute atomic E-state index is 0.0128. The number of aromatic nitrogens is 2. The standard InChI is InChI=1S/C14H17BrFN3OS/c1-8(2)7-17-13(20)3-4-19-12-5-9(15)10(16)6-11(12)18-14(19)21/h5-6,8H,3-4,7H2,1-2H3,(H,17,20)(H,18,21). The monoisotopic (exact) mass is 373 g/mol. The molecule has 0 aliphatic rings. The van der Waals surface area contributed by atoms with Gasteiger partial charge < -0.3 is 14.9 Å². The molecule has 1 amide bonds. The van der Waals surface area contributed by atoms with Crippen LogP contribution in [0.5, 0.6) is 0 Å². The summed E-state index contributed by atoms with van der Waals surface area (Å²) in [4.78, 5) is 14.7. The van der Waals surface area contributed by atoms with Crippen molar-refractivity contribution in [2.75, 3.05) is 6.54 Å². The van der Waals surface area contributed by atoms with E-state index in [9.17, 15) is 9.18 Å². The summed E-state index contributed by atoms with van der Waals surface area (Å²) in [7, 11) is 0. The van der Waals surface area contributed by atoms with Crippen LogP contribution in [0.15, 0.2) is 16.6 Å². The summed E-state index contributed by atoms with van der Waals surface area (Å²) in [6, 6.07) is 3.06. The third kappa shape index (κ3) is 3.91. The van der Waals surface area contributed by atoms with Crippen LogP contribution in [0.2, 0.25) is 0 Å². The first-order chi connectivity index (χ1) is 9.88. The Balaban J connectivity index is 2.15. The Morgan fingerprint density at radius 3 is 2.90 bits per heavy atom. The molecule has 1 aromatic heterocycles. The van der Waals surface area contributed by atoms with Gasteiger partial charge in [0.25, 0.3) is 0 Å². The van der Waals surface area contributed by atoms with Crippen molar-refractivity contribution in [2.24, 2.45) is 5.92 Å². The molecule has 0 fully saturated rings. The molecule has 21 heavy (non-hydrogen) atoms. The van der Waals surface area contributed by atoms with Crippen molar-refractivity contribution in [1.29, 1.82) is 0 Å². The first-order valence-electron chi connectivity index (χ1n) is 6.72. The molecule has 0 aliphatic heterocycles. The van der Waals surface area contributed by atoms with Gasteiger partial charge in [-0.1, -0.05) is 13.8 Å². The Labute approximate surface area is 135 Å².